The molecule has 0 heterocycles. The van der Waals surface area contributed by atoms with Gasteiger partial charge in [-0.2, -0.15) is 0 Å². The first-order chi connectivity index (χ1) is 69.9. The normalized spacial score (nSPS) is 11.7. The van der Waals surface area contributed by atoms with E-state index in [1.807, 2.05) is 0 Å². The minimum absolute atomic E-state index is 0.640. The van der Waals surface area contributed by atoms with Crippen molar-refractivity contribution in [1.82, 2.24) is 0 Å². The summed E-state index contributed by atoms with van der Waals surface area (Å²) >= 11 is 0. The predicted octanol–water partition coefficient (Wildman–Crippen LogP) is 31.3. The highest BCUT2D eigenvalue weighted by atomic mass is 28.2. The Labute approximate surface area is 828 Å². The Hall–Kier alpha value is -17.3. The van der Waals surface area contributed by atoms with E-state index in [0.717, 1.165) is 0 Å². The van der Waals surface area contributed by atoms with Gasteiger partial charge in [-0.05, 0) is 260 Å². The molecule has 0 aliphatic carbocycles. The van der Waals surface area contributed by atoms with E-state index in [-0.39, 0.29) is 0 Å². The summed E-state index contributed by atoms with van der Waals surface area (Å²) in [6.45, 7) is 0. The molecule has 0 aliphatic heterocycles. The molecule has 0 nitrogen and oxygen atoms in total. The number of hydrogen-bond acceptors (Lipinski definition) is 0. The van der Waals surface area contributed by atoms with Gasteiger partial charge in [0, 0.05) is 0 Å². The van der Waals surface area contributed by atoms with E-state index in [2.05, 4.69) is 546 Å². The zero-order valence-corrected chi connectivity index (χ0v) is 82.3. The van der Waals surface area contributed by atoms with Crippen molar-refractivity contribution in [2.24, 2.45) is 0 Å². The molecule has 0 atom stereocenters. The molecule has 3 heteroatoms. The Balaban J connectivity index is 0.000000111. The quantitative estimate of drug-likeness (QED) is 0.0545. The third-order valence-corrected chi connectivity index (χ3v) is 34.1. The SMILES string of the molecule is c1ccc([SiH2]c2ccc3c(-c4cc5ccccc5c5ccccc45)c4ccccc4c(-c4cccc(-c5ccccc5)c4)c3c2)cc1.c1ccc([SiH2]c2ccc3c(-c4cccc(-c5cccc6ccccc56)c4)c4ccccc4c(-c4ccc5ccccc5c4)c3c2)cc1.c1ccc([SiH2]c2ccc3c(-c4cccc(-c5cccc6ccccc56)c4)c4ccccc4c(-c4cccc5ccccc45)c3c2)cc1. The smallest absolute Gasteiger partial charge is 0.0633 e. The van der Waals surface area contributed by atoms with E-state index in [1.165, 1.54) is 261 Å². The lowest BCUT2D eigenvalue weighted by atomic mass is 9.83. The Morgan fingerprint density at radius 3 is 0.809 bits per heavy atom. The number of rotatable bonds is 15. The van der Waals surface area contributed by atoms with Gasteiger partial charge in [0.1, 0.15) is 0 Å². The van der Waals surface area contributed by atoms with Gasteiger partial charge in [-0.15, -0.1) is 0 Å². The maximum absolute atomic E-state index is 2.51. The molecule has 0 aromatic heterocycles. The molecule has 0 amide bonds. The average molecular weight is 1840 g/mol. The molecule has 0 N–H and O–H groups in total. The Kier molecular flexibility index (Phi) is 22.8. The van der Waals surface area contributed by atoms with Crippen LogP contribution in [0.2, 0.25) is 0 Å². The second kappa shape index (κ2) is 37.7. The monoisotopic (exact) mass is 1840 g/mol. The number of benzene rings is 27. The van der Waals surface area contributed by atoms with Crippen molar-refractivity contribution in [3.8, 4) is 100 Å². The topological polar surface area (TPSA) is 0 Å². The fourth-order valence-corrected chi connectivity index (χ4v) is 27.1. The van der Waals surface area contributed by atoms with Crippen molar-refractivity contribution in [2.75, 3.05) is 0 Å². The van der Waals surface area contributed by atoms with Crippen LogP contribution < -0.4 is 31.1 Å². The van der Waals surface area contributed by atoms with E-state index in [4.69, 9.17) is 0 Å². The molecule has 0 saturated heterocycles. The van der Waals surface area contributed by atoms with Crippen LogP contribution in [0.15, 0.2) is 546 Å². The molecular formula is C138H96Si3. The summed E-state index contributed by atoms with van der Waals surface area (Å²) in [6, 6.07) is 202. The van der Waals surface area contributed by atoms with Gasteiger partial charge in [0.25, 0.3) is 0 Å². The Morgan fingerprint density at radius 1 is 0.0922 bits per heavy atom. The van der Waals surface area contributed by atoms with Crippen LogP contribution in [-0.2, 0) is 0 Å². The predicted molar refractivity (Wildman–Crippen MR) is 621 cm³/mol. The Bertz CT molecular complexity index is 9500. The fraction of sp³-hybridized carbons (Fsp3) is 0. The zero-order chi connectivity index (χ0) is 93.5. The largest absolute Gasteiger partial charge is 0.0875 e. The standard InChI is InChI=1S/3C46H32Si/c1-3-14-31(15-4-1)32-17-13-18-34(28-32)45-40-24-11-12-25-41(40)46(42-27-26-36(30-44(42)45)47-35-19-5-2-6-20-35)43-29-33-16-7-8-21-37(33)38-22-9-10-23-39(38)43;1-2-19-35(20-3-1)47-36-27-28-43-44(30-36)46(40-26-12-16-32-14-5-7-22-38(32)40)42-24-9-8-23-41(42)45(43)34-18-10-17-33(29-34)39-25-11-15-31-13-4-6-21-37(31)39;1-2-18-37(19-3-1)47-38-26-27-43-44(30-38)46(36-25-24-31-12-4-5-14-33(31)28-36)42-22-9-8-21-41(42)45(43)35-17-10-16-34(29-35)40-23-11-15-32-13-6-7-20-39(32)40/h3*1-30H,47H2. The minimum Gasteiger partial charge on any atom is -0.0633 e. The van der Waals surface area contributed by atoms with Crippen molar-refractivity contribution < 1.29 is 0 Å². The maximum Gasteiger partial charge on any atom is 0.0875 e. The molecule has 27 rings (SSSR count). The molecule has 0 radical (unpaired) electrons. The summed E-state index contributed by atoms with van der Waals surface area (Å²) in [5.74, 6) is 0. The first-order valence-corrected chi connectivity index (χ1v) is 53.4. The van der Waals surface area contributed by atoms with E-state index in [9.17, 15) is 0 Å². The molecule has 660 valence electrons. The lowest BCUT2D eigenvalue weighted by Crippen LogP contribution is -2.26. The summed E-state index contributed by atoms with van der Waals surface area (Å²) in [6.07, 6.45) is 0. The summed E-state index contributed by atoms with van der Waals surface area (Å²) in [5, 5.41) is 39.7. The highest BCUT2D eigenvalue weighted by Gasteiger charge is 2.25. The minimum atomic E-state index is -0.656. The van der Waals surface area contributed by atoms with Crippen molar-refractivity contribution in [3.05, 3.63) is 546 Å². The summed E-state index contributed by atoms with van der Waals surface area (Å²) in [5.41, 5.74) is 22.9. The molecule has 0 aliphatic rings. The van der Waals surface area contributed by atoms with E-state index in [1.54, 1.807) is 0 Å². The second-order valence-corrected chi connectivity index (χ2v) is 43.4. The van der Waals surface area contributed by atoms with Gasteiger partial charge in [-0.3, -0.25) is 0 Å². The van der Waals surface area contributed by atoms with Gasteiger partial charge in [-0.1, -0.05) is 547 Å². The highest BCUT2D eigenvalue weighted by molar-refractivity contribution is 6.69. The number of fused-ring (bicyclic) bond motifs is 13. The average Bonchev–Trinajstić information content (AvgIpc) is 0.726. The summed E-state index contributed by atoms with van der Waals surface area (Å²) < 4.78 is 0. The molecule has 0 bridgehead atoms. The maximum atomic E-state index is 2.51. The van der Waals surface area contributed by atoms with Gasteiger partial charge >= 0.3 is 0 Å². The molecule has 27 aromatic rings. The molecule has 0 saturated carbocycles. The molecule has 141 heavy (non-hydrogen) atoms. The van der Waals surface area contributed by atoms with Crippen molar-refractivity contribution in [3.63, 3.8) is 0 Å². The van der Waals surface area contributed by atoms with E-state index < -0.39 is 28.6 Å². The van der Waals surface area contributed by atoms with Crippen LogP contribution >= 0.6 is 0 Å². The number of hydrogen-bond donors (Lipinski definition) is 0. The van der Waals surface area contributed by atoms with Crippen molar-refractivity contribution in [1.29, 1.82) is 0 Å². The molecular weight excluding hydrogens is 1740 g/mol. The van der Waals surface area contributed by atoms with E-state index >= 15 is 0 Å². The lowest BCUT2D eigenvalue weighted by molar-refractivity contribution is 1.61. The van der Waals surface area contributed by atoms with Crippen LogP contribution in [0.25, 0.3) is 229 Å². The second-order valence-electron chi connectivity index (χ2n) is 37.5. The summed E-state index contributed by atoms with van der Waals surface area (Å²) in [4.78, 5) is 0. The third-order valence-electron chi connectivity index (χ3n) is 28.9. The van der Waals surface area contributed by atoms with Gasteiger partial charge in [0.15, 0.2) is 0 Å². The molecule has 27 aromatic carbocycles. The van der Waals surface area contributed by atoms with Crippen LogP contribution in [0.5, 0.6) is 0 Å². The summed E-state index contributed by atoms with van der Waals surface area (Å²) in [7, 11) is -1.94. The highest BCUT2D eigenvalue weighted by Crippen LogP contribution is 2.51. The lowest BCUT2D eigenvalue weighted by Gasteiger charge is -2.20. The van der Waals surface area contributed by atoms with Crippen LogP contribution in [0, 0.1) is 0 Å². The first kappa shape index (κ1) is 85.4. The van der Waals surface area contributed by atoms with Gasteiger partial charge in [0.2, 0.25) is 0 Å². The molecule has 0 unspecified atom stereocenters. The zero-order valence-electron chi connectivity index (χ0n) is 78.1. The van der Waals surface area contributed by atoms with Crippen LogP contribution in [0.1, 0.15) is 0 Å². The van der Waals surface area contributed by atoms with Crippen molar-refractivity contribution in [2.45, 2.75) is 0 Å². The van der Waals surface area contributed by atoms with Gasteiger partial charge in [0.05, 0.1) is 28.6 Å². The molecule has 0 spiro atoms. The van der Waals surface area contributed by atoms with Gasteiger partial charge in [-0.25, -0.2) is 0 Å². The molecule has 0 fully saturated rings. The Morgan fingerprint density at radius 2 is 0.362 bits per heavy atom. The fourth-order valence-electron chi connectivity index (χ4n) is 22.5. The van der Waals surface area contributed by atoms with Gasteiger partial charge < -0.3 is 0 Å². The third kappa shape index (κ3) is 16.4. The van der Waals surface area contributed by atoms with Crippen LogP contribution in [-0.4, -0.2) is 28.6 Å². The van der Waals surface area contributed by atoms with Crippen molar-refractivity contribution >= 4 is 189 Å². The first-order valence-electron chi connectivity index (χ1n) is 49.2. The van der Waals surface area contributed by atoms with Crippen LogP contribution in [0.3, 0.4) is 0 Å². The van der Waals surface area contributed by atoms with Crippen LogP contribution in [0.4, 0.5) is 0 Å². The van der Waals surface area contributed by atoms with E-state index in [0.29, 0.717) is 0 Å².